The van der Waals surface area contributed by atoms with Gasteiger partial charge in [0.1, 0.15) is 0 Å². The molecule has 0 aliphatic heterocycles. The molecule has 0 amide bonds. The molecular formula is C5H11BN. The molecule has 0 atom stereocenters. The van der Waals surface area contributed by atoms with E-state index in [9.17, 15) is 0 Å². The Morgan fingerprint density at radius 3 is 2.14 bits per heavy atom. The smallest absolute Gasteiger partial charge is 0.242 e. The van der Waals surface area contributed by atoms with Gasteiger partial charge in [0.15, 0.2) is 0 Å². The van der Waals surface area contributed by atoms with Gasteiger partial charge in [-0.15, -0.1) is 0 Å². The summed E-state index contributed by atoms with van der Waals surface area (Å²) in [6.07, 6.45) is 0. The quantitative estimate of drug-likeness (QED) is 0.465. The molecule has 0 saturated heterocycles. The van der Waals surface area contributed by atoms with Crippen LogP contribution in [0.15, 0.2) is 12.3 Å². The van der Waals surface area contributed by atoms with Gasteiger partial charge in [0.05, 0.1) is 0 Å². The first-order valence-corrected chi connectivity index (χ1v) is 2.36. The summed E-state index contributed by atoms with van der Waals surface area (Å²) in [7, 11) is 3.95. The Labute approximate surface area is 46.3 Å². The molecule has 0 aliphatic rings. The summed E-state index contributed by atoms with van der Waals surface area (Å²) in [6, 6.07) is 0. The Bertz CT molecular complexity index is 70.5. The van der Waals surface area contributed by atoms with E-state index in [1.807, 2.05) is 33.0 Å². The first kappa shape index (κ1) is 6.60. The molecule has 0 saturated carbocycles. The molecule has 0 aromatic carbocycles. The van der Waals surface area contributed by atoms with Crippen LogP contribution in [-0.2, 0) is 0 Å². The maximum atomic E-state index is 3.72. The largest absolute Gasteiger partial charge is 0.426 e. The van der Waals surface area contributed by atoms with E-state index in [0.29, 0.717) is 0 Å². The second-order valence-electron chi connectivity index (χ2n) is 1.60. The molecule has 0 aromatic rings. The van der Waals surface area contributed by atoms with Crippen LogP contribution in [0.3, 0.4) is 0 Å². The first-order valence-electron chi connectivity index (χ1n) is 2.36. The van der Waals surface area contributed by atoms with Gasteiger partial charge in [-0.2, -0.15) is 0 Å². The predicted octanol–water partition coefficient (Wildman–Crippen LogP) is 1.12. The molecule has 0 aliphatic carbocycles. The Hall–Kier alpha value is -0.395. The van der Waals surface area contributed by atoms with Crippen LogP contribution in [0.25, 0.3) is 0 Å². The van der Waals surface area contributed by atoms with Crippen LogP contribution >= 0.6 is 0 Å². The van der Waals surface area contributed by atoms with Crippen molar-refractivity contribution in [2.45, 2.75) is 13.7 Å². The molecule has 0 N–H and O–H groups in total. The standard InChI is InChI=1S/C5H11BN/c1-5(2)7(4)6-3/h1H2,2-4H3. The maximum absolute atomic E-state index is 3.72. The topological polar surface area (TPSA) is 3.24 Å². The van der Waals surface area contributed by atoms with E-state index >= 15 is 0 Å². The summed E-state index contributed by atoms with van der Waals surface area (Å²) < 4.78 is 0. The number of allylic oxidation sites excluding steroid dienone is 1. The van der Waals surface area contributed by atoms with Crippen molar-refractivity contribution >= 4 is 7.41 Å². The van der Waals surface area contributed by atoms with Crippen molar-refractivity contribution in [3.05, 3.63) is 12.3 Å². The van der Waals surface area contributed by atoms with Crippen molar-refractivity contribution in [3.8, 4) is 0 Å². The highest BCUT2D eigenvalue weighted by molar-refractivity contribution is 6.30. The van der Waals surface area contributed by atoms with Crippen LogP contribution in [0.5, 0.6) is 0 Å². The average molecular weight is 96.0 g/mol. The maximum Gasteiger partial charge on any atom is 0.242 e. The molecular weight excluding hydrogens is 84.9 g/mol. The monoisotopic (exact) mass is 96.1 g/mol. The van der Waals surface area contributed by atoms with Crippen LogP contribution in [0, 0.1) is 0 Å². The highest BCUT2D eigenvalue weighted by Crippen LogP contribution is 1.90. The van der Waals surface area contributed by atoms with Crippen LogP contribution in [0.1, 0.15) is 6.92 Å². The van der Waals surface area contributed by atoms with Gasteiger partial charge in [-0.3, -0.25) is 0 Å². The Morgan fingerprint density at radius 1 is 1.71 bits per heavy atom. The molecule has 1 radical (unpaired) electrons. The lowest BCUT2D eigenvalue weighted by molar-refractivity contribution is 0.671. The molecule has 7 heavy (non-hydrogen) atoms. The Morgan fingerprint density at radius 2 is 2.14 bits per heavy atom. The molecule has 0 spiro atoms. The van der Waals surface area contributed by atoms with Crippen molar-refractivity contribution in [2.75, 3.05) is 7.05 Å². The van der Waals surface area contributed by atoms with Crippen molar-refractivity contribution in [1.82, 2.24) is 4.81 Å². The third kappa shape index (κ3) is 2.32. The summed E-state index contributed by atoms with van der Waals surface area (Å²) in [5, 5.41) is 0. The molecule has 1 nitrogen and oxygen atoms in total. The van der Waals surface area contributed by atoms with Gasteiger partial charge in [0, 0.05) is 0 Å². The van der Waals surface area contributed by atoms with E-state index in [4.69, 9.17) is 0 Å². The zero-order valence-electron chi connectivity index (χ0n) is 5.23. The van der Waals surface area contributed by atoms with E-state index < -0.39 is 0 Å². The predicted molar refractivity (Wildman–Crippen MR) is 34.2 cm³/mol. The van der Waals surface area contributed by atoms with Gasteiger partial charge >= 0.3 is 0 Å². The highest BCUT2D eigenvalue weighted by atomic mass is 15.0. The van der Waals surface area contributed by atoms with Crippen LogP contribution in [0.4, 0.5) is 0 Å². The van der Waals surface area contributed by atoms with Crippen molar-refractivity contribution in [2.24, 2.45) is 0 Å². The number of rotatable bonds is 2. The zero-order chi connectivity index (χ0) is 5.86. The number of hydrogen-bond donors (Lipinski definition) is 0. The fourth-order valence-electron chi connectivity index (χ4n) is 0.220. The fourth-order valence-corrected chi connectivity index (χ4v) is 0.220. The molecule has 0 bridgehead atoms. The lowest BCUT2D eigenvalue weighted by Crippen LogP contribution is -2.16. The van der Waals surface area contributed by atoms with E-state index in [1.54, 1.807) is 0 Å². The number of hydrogen-bond acceptors (Lipinski definition) is 1. The van der Waals surface area contributed by atoms with E-state index in [2.05, 4.69) is 6.58 Å². The molecule has 39 valence electrons. The second-order valence-corrected chi connectivity index (χ2v) is 1.60. The molecule has 0 rings (SSSR count). The van der Waals surface area contributed by atoms with Gasteiger partial charge < -0.3 is 4.81 Å². The number of nitrogens with zero attached hydrogens (tertiary/aromatic N) is 1. The normalized spacial score (nSPS) is 7.86. The summed E-state index contributed by atoms with van der Waals surface area (Å²) in [4.78, 5) is 1.97. The minimum absolute atomic E-state index is 1.07. The van der Waals surface area contributed by atoms with E-state index in [-0.39, 0.29) is 0 Å². The van der Waals surface area contributed by atoms with Gasteiger partial charge in [0.25, 0.3) is 0 Å². The third-order valence-electron chi connectivity index (χ3n) is 0.989. The fraction of sp³-hybridized carbons (Fsp3) is 0.600. The second kappa shape index (κ2) is 2.72. The van der Waals surface area contributed by atoms with E-state index in [1.165, 1.54) is 0 Å². The summed E-state index contributed by atoms with van der Waals surface area (Å²) in [5.74, 6) is 0. The summed E-state index contributed by atoms with van der Waals surface area (Å²) >= 11 is 0. The van der Waals surface area contributed by atoms with Gasteiger partial charge in [-0.1, -0.05) is 13.4 Å². The molecule has 0 heterocycles. The highest BCUT2D eigenvalue weighted by Gasteiger charge is 1.89. The van der Waals surface area contributed by atoms with Crippen molar-refractivity contribution in [1.29, 1.82) is 0 Å². The lowest BCUT2D eigenvalue weighted by Gasteiger charge is -2.13. The van der Waals surface area contributed by atoms with Gasteiger partial charge in [-0.05, 0) is 19.7 Å². The van der Waals surface area contributed by atoms with Crippen LogP contribution in [-0.4, -0.2) is 19.3 Å². The molecule has 0 aromatic heterocycles. The Kier molecular flexibility index (Phi) is 2.57. The molecule has 2 heteroatoms. The van der Waals surface area contributed by atoms with Gasteiger partial charge in [0.2, 0.25) is 7.41 Å². The SMILES string of the molecule is C=C(C)N(C)[B]C. The average Bonchev–Trinajstić information content (AvgIpc) is 1.65. The molecule has 0 unspecified atom stereocenters. The lowest BCUT2D eigenvalue weighted by atomic mass is 9.97. The third-order valence-corrected chi connectivity index (χ3v) is 0.989. The Balaban J connectivity index is 3.34. The first-order chi connectivity index (χ1) is 3.18. The van der Waals surface area contributed by atoms with Crippen molar-refractivity contribution < 1.29 is 0 Å². The van der Waals surface area contributed by atoms with E-state index in [0.717, 1.165) is 5.70 Å². The van der Waals surface area contributed by atoms with Crippen molar-refractivity contribution in [3.63, 3.8) is 0 Å². The molecule has 0 fully saturated rings. The van der Waals surface area contributed by atoms with Crippen LogP contribution < -0.4 is 0 Å². The minimum atomic E-state index is 1.07. The van der Waals surface area contributed by atoms with Gasteiger partial charge in [-0.25, -0.2) is 0 Å². The summed E-state index contributed by atoms with van der Waals surface area (Å²) in [6.45, 7) is 7.67. The summed E-state index contributed by atoms with van der Waals surface area (Å²) in [5.41, 5.74) is 1.07. The zero-order valence-corrected chi connectivity index (χ0v) is 5.23. The van der Waals surface area contributed by atoms with Crippen LogP contribution in [0.2, 0.25) is 6.82 Å². The minimum Gasteiger partial charge on any atom is -0.426 e.